The fourth-order valence-electron chi connectivity index (χ4n) is 1.42. The van der Waals surface area contributed by atoms with Crippen LogP contribution in [0.3, 0.4) is 0 Å². The van der Waals surface area contributed by atoms with Crippen LogP contribution in [0, 0.1) is 6.92 Å². The maximum Gasteiger partial charge on any atom is 0.414 e. The number of amides is 1. The van der Waals surface area contributed by atoms with E-state index in [0.717, 1.165) is 6.92 Å². The molecule has 0 saturated carbocycles. The summed E-state index contributed by atoms with van der Waals surface area (Å²) in [4.78, 5) is 11.6. The standard InChI is InChI=1S/C13H17F3N2O2/c1-8-10(17)4-3-5-11(8)18-12(19)6-7-20-9(2)13(14,15)16/h3-5,9H,6-7,17H2,1-2H3,(H,18,19). The molecule has 0 saturated heterocycles. The van der Waals surface area contributed by atoms with Gasteiger partial charge in [-0.1, -0.05) is 6.07 Å². The van der Waals surface area contributed by atoms with E-state index in [0.29, 0.717) is 16.9 Å². The zero-order valence-electron chi connectivity index (χ0n) is 11.3. The highest BCUT2D eigenvalue weighted by Crippen LogP contribution is 2.23. The molecule has 1 rings (SSSR count). The number of alkyl halides is 3. The highest BCUT2D eigenvalue weighted by molar-refractivity contribution is 5.92. The third-order valence-electron chi connectivity index (χ3n) is 2.81. The normalized spacial score (nSPS) is 13.1. The molecular formula is C13H17F3N2O2. The number of halogens is 3. The minimum absolute atomic E-state index is 0.158. The van der Waals surface area contributed by atoms with E-state index in [1.165, 1.54) is 0 Å². The van der Waals surface area contributed by atoms with E-state index in [4.69, 9.17) is 5.73 Å². The maximum absolute atomic E-state index is 12.2. The van der Waals surface area contributed by atoms with Gasteiger partial charge in [0.15, 0.2) is 6.10 Å². The van der Waals surface area contributed by atoms with Crippen molar-refractivity contribution in [2.45, 2.75) is 32.5 Å². The van der Waals surface area contributed by atoms with Crippen LogP contribution in [0.25, 0.3) is 0 Å². The van der Waals surface area contributed by atoms with E-state index >= 15 is 0 Å². The van der Waals surface area contributed by atoms with Crippen LogP contribution in [-0.4, -0.2) is 24.8 Å². The van der Waals surface area contributed by atoms with Crippen molar-refractivity contribution in [1.82, 2.24) is 0 Å². The number of anilines is 2. The first-order valence-corrected chi connectivity index (χ1v) is 6.05. The van der Waals surface area contributed by atoms with Crippen molar-refractivity contribution >= 4 is 17.3 Å². The van der Waals surface area contributed by atoms with Gasteiger partial charge in [-0.3, -0.25) is 4.79 Å². The Balaban J connectivity index is 2.43. The first-order valence-electron chi connectivity index (χ1n) is 6.05. The van der Waals surface area contributed by atoms with Crippen LogP contribution in [0.4, 0.5) is 24.5 Å². The molecule has 0 fully saturated rings. The summed E-state index contributed by atoms with van der Waals surface area (Å²) in [5.74, 6) is -0.423. The number of nitrogen functional groups attached to an aromatic ring is 1. The third kappa shape index (κ3) is 4.73. The van der Waals surface area contributed by atoms with Crippen LogP contribution in [0.1, 0.15) is 18.9 Å². The minimum atomic E-state index is -4.42. The van der Waals surface area contributed by atoms with Gasteiger partial charge >= 0.3 is 6.18 Å². The largest absolute Gasteiger partial charge is 0.414 e. The number of carbonyl (C=O) groups is 1. The van der Waals surface area contributed by atoms with E-state index < -0.39 is 18.2 Å². The predicted octanol–water partition coefficient (Wildman–Crippen LogP) is 2.87. The Hall–Kier alpha value is -1.76. The quantitative estimate of drug-likeness (QED) is 0.820. The van der Waals surface area contributed by atoms with Crippen LogP contribution in [-0.2, 0) is 9.53 Å². The maximum atomic E-state index is 12.2. The lowest BCUT2D eigenvalue weighted by molar-refractivity contribution is -0.214. The Morgan fingerprint density at radius 1 is 1.45 bits per heavy atom. The molecule has 4 nitrogen and oxygen atoms in total. The molecular weight excluding hydrogens is 273 g/mol. The number of nitrogens with two attached hydrogens (primary N) is 1. The Labute approximate surface area is 115 Å². The molecule has 0 bridgehead atoms. The molecule has 7 heteroatoms. The lowest BCUT2D eigenvalue weighted by atomic mass is 10.1. The van der Waals surface area contributed by atoms with Gasteiger partial charge in [0.2, 0.25) is 5.91 Å². The van der Waals surface area contributed by atoms with E-state index in [-0.39, 0.29) is 13.0 Å². The smallest absolute Gasteiger partial charge is 0.398 e. The van der Waals surface area contributed by atoms with Crippen molar-refractivity contribution in [3.8, 4) is 0 Å². The van der Waals surface area contributed by atoms with Gasteiger partial charge in [-0.15, -0.1) is 0 Å². The molecule has 1 unspecified atom stereocenters. The molecule has 20 heavy (non-hydrogen) atoms. The van der Waals surface area contributed by atoms with Crippen molar-refractivity contribution in [1.29, 1.82) is 0 Å². The van der Waals surface area contributed by atoms with E-state index in [2.05, 4.69) is 10.1 Å². The first kappa shape index (κ1) is 16.3. The van der Waals surface area contributed by atoms with Crippen LogP contribution < -0.4 is 11.1 Å². The van der Waals surface area contributed by atoms with Crippen molar-refractivity contribution in [2.24, 2.45) is 0 Å². The van der Waals surface area contributed by atoms with Gasteiger partial charge in [0, 0.05) is 11.4 Å². The first-order chi connectivity index (χ1) is 9.21. The second-order valence-electron chi connectivity index (χ2n) is 4.37. The molecule has 1 aromatic rings. The Kier molecular flexibility index (Phi) is 5.38. The summed E-state index contributed by atoms with van der Waals surface area (Å²) < 4.78 is 41.1. The van der Waals surface area contributed by atoms with Gasteiger partial charge in [0.1, 0.15) is 0 Å². The van der Waals surface area contributed by atoms with Crippen molar-refractivity contribution < 1.29 is 22.7 Å². The number of hydrogen-bond acceptors (Lipinski definition) is 3. The zero-order valence-corrected chi connectivity index (χ0v) is 11.3. The summed E-state index contributed by atoms with van der Waals surface area (Å²) >= 11 is 0. The molecule has 0 aliphatic heterocycles. The van der Waals surface area contributed by atoms with Crippen LogP contribution in [0.2, 0.25) is 0 Å². The van der Waals surface area contributed by atoms with Crippen LogP contribution >= 0.6 is 0 Å². The molecule has 1 amide bonds. The van der Waals surface area contributed by atoms with Gasteiger partial charge in [-0.2, -0.15) is 13.2 Å². The molecule has 0 aromatic heterocycles. The summed E-state index contributed by atoms with van der Waals surface area (Å²) in [7, 11) is 0. The van der Waals surface area contributed by atoms with Crippen LogP contribution in [0.15, 0.2) is 18.2 Å². The summed E-state index contributed by atoms with van der Waals surface area (Å²) in [6.45, 7) is 2.35. The topological polar surface area (TPSA) is 64.3 Å². The number of carbonyl (C=O) groups excluding carboxylic acids is 1. The summed E-state index contributed by atoms with van der Waals surface area (Å²) in [5.41, 5.74) is 7.47. The van der Waals surface area contributed by atoms with Gasteiger partial charge in [-0.25, -0.2) is 0 Å². The molecule has 1 aromatic carbocycles. The van der Waals surface area contributed by atoms with Crippen molar-refractivity contribution in [3.63, 3.8) is 0 Å². The minimum Gasteiger partial charge on any atom is -0.398 e. The lowest BCUT2D eigenvalue weighted by Crippen LogP contribution is -2.29. The average Bonchev–Trinajstić information content (AvgIpc) is 2.33. The second kappa shape index (κ2) is 6.60. The zero-order chi connectivity index (χ0) is 15.3. The number of nitrogens with one attached hydrogen (secondary N) is 1. The van der Waals surface area contributed by atoms with Crippen LogP contribution in [0.5, 0.6) is 0 Å². The van der Waals surface area contributed by atoms with Crippen molar-refractivity contribution in [3.05, 3.63) is 23.8 Å². The van der Waals surface area contributed by atoms with E-state index in [1.54, 1.807) is 25.1 Å². The molecule has 3 N–H and O–H groups in total. The molecule has 0 aliphatic rings. The molecule has 0 heterocycles. The molecule has 112 valence electrons. The number of rotatable bonds is 5. The van der Waals surface area contributed by atoms with Gasteiger partial charge in [0.05, 0.1) is 13.0 Å². The Morgan fingerprint density at radius 2 is 2.10 bits per heavy atom. The van der Waals surface area contributed by atoms with E-state index in [9.17, 15) is 18.0 Å². The molecule has 0 radical (unpaired) electrons. The fourth-order valence-corrected chi connectivity index (χ4v) is 1.42. The fraction of sp³-hybridized carbons (Fsp3) is 0.462. The second-order valence-corrected chi connectivity index (χ2v) is 4.37. The Morgan fingerprint density at radius 3 is 2.70 bits per heavy atom. The van der Waals surface area contributed by atoms with Gasteiger partial charge in [0.25, 0.3) is 0 Å². The third-order valence-corrected chi connectivity index (χ3v) is 2.81. The predicted molar refractivity (Wildman–Crippen MR) is 70.3 cm³/mol. The number of ether oxygens (including phenoxy) is 1. The number of hydrogen-bond donors (Lipinski definition) is 2. The molecule has 1 atom stereocenters. The molecule has 0 spiro atoms. The SMILES string of the molecule is Cc1c(N)cccc1NC(=O)CCOC(C)C(F)(F)F. The molecule has 0 aliphatic carbocycles. The highest BCUT2D eigenvalue weighted by atomic mass is 19.4. The van der Waals surface area contributed by atoms with Gasteiger partial charge < -0.3 is 15.8 Å². The van der Waals surface area contributed by atoms with Gasteiger partial charge in [-0.05, 0) is 31.5 Å². The lowest BCUT2D eigenvalue weighted by Gasteiger charge is -2.16. The summed E-state index contributed by atoms with van der Waals surface area (Å²) in [6, 6.07) is 5.04. The van der Waals surface area contributed by atoms with Crippen molar-refractivity contribution in [2.75, 3.05) is 17.7 Å². The number of benzene rings is 1. The Bertz CT molecular complexity index is 475. The summed E-state index contributed by atoms with van der Waals surface area (Å²) in [5, 5.41) is 2.58. The summed E-state index contributed by atoms with van der Waals surface area (Å²) in [6.07, 6.45) is -6.46. The highest BCUT2D eigenvalue weighted by Gasteiger charge is 2.36. The van der Waals surface area contributed by atoms with E-state index in [1.807, 2.05) is 0 Å². The monoisotopic (exact) mass is 290 g/mol. The average molecular weight is 290 g/mol.